The van der Waals surface area contributed by atoms with Crippen molar-refractivity contribution in [1.82, 2.24) is 10.2 Å². The van der Waals surface area contributed by atoms with E-state index in [1.807, 2.05) is 6.07 Å². The van der Waals surface area contributed by atoms with Crippen LogP contribution in [0.15, 0.2) is 18.2 Å². The first-order chi connectivity index (χ1) is 11.7. The lowest BCUT2D eigenvalue weighted by Gasteiger charge is -2.37. The Labute approximate surface area is 143 Å². The predicted octanol–water partition coefficient (Wildman–Crippen LogP) is 2.19. The van der Waals surface area contributed by atoms with Gasteiger partial charge in [0.1, 0.15) is 13.2 Å². The highest BCUT2D eigenvalue weighted by Crippen LogP contribution is 2.33. The van der Waals surface area contributed by atoms with Gasteiger partial charge in [0.05, 0.1) is 0 Å². The Kier molecular flexibility index (Phi) is 4.35. The number of likely N-dealkylation sites (tertiary alicyclic amines) is 1. The van der Waals surface area contributed by atoms with Gasteiger partial charge >= 0.3 is 0 Å². The number of nitrogens with one attached hydrogen (secondary N) is 1. The van der Waals surface area contributed by atoms with Gasteiger partial charge < -0.3 is 19.7 Å². The van der Waals surface area contributed by atoms with Crippen molar-refractivity contribution in [1.29, 1.82) is 0 Å². The molecule has 0 bridgehead atoms. The number of nitrogens with zero attached hydrogens (tertiary/aromatic N) is 1. The predicted molar refractivity (Wildman–Crippen MR) is 91.1 cm³/mol. The molecule has 0 aromatic heterocycles. The molecule has 2 unspecified atom stereocenters. The van der Waals surface area contributed by atoms with Crippen molar-refractivity contribution in [2.24, 2.45) is 11.8 Å². The molecule has 3 aliphatic rings. The fraction of sp³-hybridized carbons (Fsp3) is 0.632. The smallest absolute Gasteiger partial charge is 0.225 e. The van der Waals surface area contributed by atoms with E-state index in [9.17, 15) is 4.79 Å². The minimum Gasteiger partial charge on any atom is -0.486 e. The summed E-state index contributed by atoms with van der Waals surface area (Å²) in [5, 5.41) is 3.66. The Hall–Kier alpha value is -1.75. The van der Waals surface area contributed by atoms with E-state index in [0.717, 1.165) is 50.4 Å². The number of ether oxygens (including phenoxy) is 2. The molecule has 1 N–H and O–H groups in total. The molecule has 2 atom stereocenters. The SMILES string of the molecule is CC1CN(C(=O)C2CC2)CCC1NCc1ccc2c(c1)OCCO2. The van der Waals surface area contributed by atoms with Crippen LogP contribution in [0.5, 0.6) is 11.5 Å². The molecule has 2 fully saturated rings. The fourth-order valence-corrected chi connectivity index (χ4v) is 3.68. The van der Waals surface area contributed by atoms with Crippen molar-refractivity contribution in [3.05, 3.63) is 23.8 Å². The van der Waals surface area contributed by atoms with E-state index >= 15 is 0 Å². The van der Waals surface area contributed by atoms with E-state index < -0.39 is 0 Å². The Balaban J connectivity index is 1.30. The van der Waals surface area contributed by atoms with E-state index in [4.69, 9.17) is 9.47 Å². The highest BCUT2D eigenvalue weighted by molar-refractivity contribution is 5.81. The zero-order valence-corrected chi connectivity index (χ0v) is 14.3. The van der Waals surface area contributed by atoms with Crippen LogP contribution >= 0.6 is 0 Å². The van der Waals surface area contributed by atoms with E-state index in [0.29, 0.717) is 37.0 Å². The van der Waals surface area contributed by atoms with Crippen LogP contribution in [0.3, 0.4) is 0 Å². The first-order valence-corrected chi connectivity index (χ1v) is 9.11. The highest BCUT2D eigenvalue weighted by atomic mass is 16.6. The number of benzene rings is 1. The molecule has 4 rings (SSSR count). The zero-order chi connectivity index (χ0) is 16.5. The summed E-state index contributed by atoms with van der Waals surface area (Å²) in [6.45, 7) is 6.08. The summed E-state index contributed by atoms with van der Waals surface area (Å²) in [5.41, 5.74) is 1.21. The normalized spacial score (nSPS) is 26.3. The van der Waals surface area contributed by atoms with Gasteiger partial charge in [-0.05, 0) is 42.9 Å². The van der Waals surface area contributed by atoms with Crippen LogP contribution < -0.4 is 14.8 Å². The first kappa shape index (κ1) is 15.8. The third-order valence-corrected chi connectivity index (χ3v) is 5.32. The summed E-state index contributed by atoms with van der Waals surface area (Å²) in [4.78, 5) is 14.3. The van der Waals surface area contributed by atoms with Crippen molar-refractivity contribution in [2.45, 2.75) is 38.8 Å². The number of piperidine rings is 1. The number of hydrogen-bond acceptors (Lipinski definition) is 4. The van der Waals surface area contributed by atoms with E-state index in [1.54, 1.807) is 0 Å². The summed E-state index contributed by atoms with van der Waals surface area (Å²) in [6.07, 6.45) is 3.22. The second kappa shape index (κ2) is 6.63. The molecule has 2 heterocycles. The second-order valence-electron chi connectivity index (χ2n) is 7.29. The summed E-state index contributed by atoms with van der Waals surface area (Å²) in [6, 6.07) is 6.61. The molecule has 130 valence electrons. The molecule has 5 heteroatoms. The van der Waals surface area contributed by atoms with Crippen LogP contribution in [0.1, 0.15) is 31.7 Å². The minimum absolute atomic E-state index is 0.333. The van der Waals surface area contributed by atoms with Crippen molar-refractivity contribution in [3.63, 3.8) is 0 Å². The van der Waals surface area contributed by atoms with Crippen LogP contribution in [0.4, 0.5) is 0 Å². The fourth-order valence-electron chi connectivity index (χ4n) is 3.68. The van der Waals surface area contributed by atoms with Gasteiger partial charge in [-0.15, -0.1) is 0 Å². The van der Waals surface area contributed by atoms with Crippen LogP contribution in [0.2, 0.25) is 0 Å². The molecule has 24 heavy (non-hydrogen) atoms. The van der Waals surface area contributed by atoms with E-state index in [1.165, 1.54) is 5.56 Å². The molecule has 1 aromatic rings. The van der Waals surface area contributed by atoms with Gasteiger partial charge in [0.15, 0.2) is 11.5 Å². The van der Waals surface area contributed by atoms with Crippen LogP contribution in [0, 0.1) is 11.8 Å². The molecule has 1 saturated carbocycles. The van der Waals surface area contributed by atoms with Gasteiger partial charge in [0.2, 0.25) is 5.91 Å². The van der Waals surface area contributed by atoms with Crippen molar-refractivity contribution >= 4 is 5.91 Å². The summed E-state index contributed by atoms with van der Waals surface area (Å²) in [5.74, 6) is 2.88. The molecule has 0 spiro atoms. The Morgan fingerprint density at radius 3 is 2.75 bits per heavy atom. The lowest BCUT2D eigenvalue weighted by molar-refractivity contribution is -0.134. The van der Waals surface area contributed by atoms with Gasteiger partial charge in [0.25, 0.3) is 0 Å². The quantitative estimate of drug-likeness (QED) is 0.919. The van der Waals surface area contributed by atoms with Gasteiger partial charge in [-0.1, -0.05) is 13.0 Å². The van der Waals surface area contributed by atoms with E-state index in [2.05, 4.69) is 29.3 Å². The number of hydrogen-bond donors (Lipinski definition) is 1. The van der Waals surface area contributed by atoms with Crippen LogP contribution in [-0.4, -0.2) is 43.2 Å². The van der Waals surface area contributed by atoms with Crippen LogP contribution in [-0.2, 0) is 11.3 Å². The lowest BCUT2D eigenvalue weighted by atomic mass is 9.93. The Morgan fingerprint density at radius 1 is 1.21 bits per heavy atom. The van der Waals surface area contributed by atoms with Crippen LogP contribution in [0.25, 0.3) is 0 Å². The number of fused-ring (bicyclic) bond motifs is 1. The largest absolute Gasteiger partial charge is 0.486 e. The number of amides is 1. The van der Waals surface area contributed by atoms with Gasteiger partial charge in [-0.3, -0.25) is 4.79 Å². The summed E-state index contributed by atoms with van der Waals surface area (Å²) < 4.78 is 11.2. The number of carbonyl (C=O) groups is 1. The molecule has 1 aromatic carbocycles. The molecular weight excluding hydrogens is 304 g/mol. The second-order valence-corrected chi connectivity index (χ2v) is 7.29. The topological polar surface area (TPSA) is 50.8 Å². The van der Waals surface area contributed by atoms with Crippen molar-refractivity contribution in [2.75, 3.05) is 26.3 Å². The minimum atomic E-state index is 0.333. The van der Waals surface area contributed by atoms with Gasteiger partial charge in [-0.25, -0.2) is 0 Å². The van der Waals surface area contributed by atoms with E-state index in [-0.39, 0.29) is 0 Å². The maximum Gasteiger partial charge on any atom is 0.225 e. The molecule has 1 aliphatic carbocycles. The average molecular weight is 330 g/mol. The number of rotatable bonds is 4. The Morgan fingerprint density at radius 2 is 2.00 bits per heavy atom. The maximum atomic E-state index is 12.2. The van der Waals surface area contributed by atoms with Crippen molar-refractivity contribution in [3.8, 4) is 11.5 Å². The standard InChI is InChI=1S/C19H26N2O3/c1-13-12-21(19(22)15-3-4-15)7-6-16(13)20-11-14-2-5-17-18(10-14)24-9-8-23-17/h2,5,10,13,15-16,20H,3-4,6-9,11-12H2,1H3. The average Bonchev–Trinajstić information content (AvgIpc) is 3.45. The van der Waals surface area contributed by atoms with Gasteiger partial charge in [0, 0.05) is 31.6 Å². The summed E-state index contributed by atoms with van der Waals surface area (Å²) >= 11 is 0. The molecule has 0 radical (unpaired) electrons. The number of carbonyl (C=O) groups excluding carboxylic acids is 1. The lowest BCUT2D eigenvalue weighted by Crippen LogP contribution is -2.50. The highest BCUT2D eigenvalue weighted by Gasteiger charge is 2.36. The third-order valence-electron chi connectivity index (χ3n) is 5.32. The molecule has 1 saturated heterocycles. The van der Waals surface area contributed by atoms with Gasteiger partial charge in [-0.2, -0.15) is 0 Å². The zero-order valence-electron chi connectivity index (χ0n) is 14.3. The molecule has 1 amide bonds. The molecule has 5 nitrogen and oxygen atoms in total. The summed E-state index contributed by atoms with van der Waals surface area (Å²) in [7, 11) is 0. The monoisotopic (exact) mass is 330 g/mol. The Bertz CT molecular complexity index is 615. The molecular formula is C19H26N2O3. The first-order valence-electron chi connectivity index (χ1n) is 9.11. The third kappa shape index (κ3) is 3.36. The van der Waals surface area contributed by atoms with Crippen molar-refractivity contribution < 1.29 is 14.3 Å². The maximum absolute atomic E-state index is 12.2. The molecule has 2 aliphatic heterocycles.